The Morgan fingerprint density at radius 1 is 0.808 bits per heavy atom. The third-order valence-electron chi connectivity index (χ3n) is 3.66. The van der Waals surface area contributed by atoms with Crippen LogP contribution in [0.2, 0.25) is 0 Å². The second-order valence-electron chi connectivity index (χ2n) is 5.15. The van der Waals surface area contributed by atoms with Crippen LogP contribution in [0.1, 0.15) is 5.56 Å². The minimum absolute atomic E-state index is 0.0171. The van der Waals surface area contributed by atoms with Crippen LogP contribution in [-0.2, 0) is 0 Å². The summed E-state index contributed by atoms with van der Waals surface area (Å²) in [5.41, 5.74) is 0.202. The zero-order chi connectivity index (χ0) is 19.0. The van der Waals surface area contributed by atoms with Gasteiger partial charge in [-0.15, -0.1) is 0 Å². The number of nitrogens with zero attached hydrogens (tertiary/aromatic N) is 1. The zero-order valence-electron chi connectivity index (χ0n) is 13.0. The molecule has 0 radical (unpaired) electrons. The second-order valence-corrected chi connectivity index (χ2v) is 5.15. The van der Waals surface area contributed by atoms with Crippen LogP contribution in [0.4, 0.5) is 22.0 Å². The van der Waals surface area contributed by atoms with Gasteiger partial charge in [-0.05, 0) is 23.6 Å². The highest BCUT2D eigenvalue weighted by molar-refractivity contribution is 5.92. The lowest BCUT2D eigenvalue weighted by Gasteiger charge is -2.15. The van der Waals surface area contributed by atoms with Crippen molar-refractivity contribution in [3.8, 4) is 23.3 Å². The van der Waals surface area contributed by atoms with Crippen molar-refractivity contribution in [3.05, 3.63) is 65.0 Å². The summed E-state index contributed by atoms with van der Waals surface area (Å²) in [4.78, 5) is 0. The maximum atomic E-state index is 13.9. The maximum Gasteiger partial charge on any atom is 0.207 e. The molecular weight excluding hydrogens is 357 g/mol. The first-order valence-corrected chi connectivity index (χ1v) is 7.09. The minimum Gasteiger partial charge on any atom is -0.493 e. The molecule has 8 heteroatoms. The first-order chi connectivity index (χ1) is 12.4. The maximum absolute atomic E-state index is 13.9. The number of ether oxygens (including phenoxy) is 2. The molecule has 0 atom stereocenters. The molecule has 0 aromatic heterocycles. The summed E-state index contributed by atoms with van der Waals surface area (Å²) in [7, 11) is 1.24. The third-order valence-corrected chi connectivity index (χ3v) is 3.66. The normalized spacial score (nSPS) is 10.7. The monoisotopic (exact) mass is 365 g/mol. The molecule has 0 saturated heterocycles. The van der Waals surface area contributed by atoms with Crippen molar-refractivity contribution in [3.63, 3.8) is 0 Å². The van der Waals surface area contributed by atoms with Gasteiger partial charge >= 0.3 is 0 Å². The SMILES string of the molecule is COc1ccc2ccc(C#N)cc2c1Oc1c(F)c(F)c(F)c(F)c1F. The highest BCUT2D eigenvalue weighted by Crippen LogP contribution is 2.41. The van der Waals surface area contributed by atoms with Gasteiger partial charge in [0, 0.05) is 5.39 Å². The number of halogens is 5. The molecule has 0 saturated carbocycles. The van der Waals surface area contributed by atoms with Gasteiger partial charge in [0.05, 0.1) is 18.7 Å². The summed E-state index contributed by atoms with van der Waals surface area (Å²) in [6.45, 7) is 0. The fourth-order valence-electron chi connectivity index (χ4n) is 2.38. The van der Waals surface area contributed by atoms with Crippen LogP contribution in [0.5, 0.6) is 17.2 Å². The van der Waals surface area contributed by atoms with E-state index in [4.69, 9.17) is 14.7 Å². The van der Waals surface area contributed by atoms with Gasteiger partial charge < -0.3 is 9.47 Å². The van der Waals surface area contributed by atoms with E-state index in [2.05, 4.69) is 0 Å². The van der Waals surface area contributed by atoms with Gasteiger partial charge in [-0.3, -0.25) is 0 Å². The van der Waals surface area contributed by atoms with E-state index in [0.717, 1.165) is 0 Å². The summed E-state index contributed by atoms with van der Waals surface area (Å²) in [6.07, 6.45) is 0. The Balaban J connectivity index is 2.29. The van der Waals surface area contributed by atoms with Crippen molar-refractivity contribution in [1.82, 2.24) is 0 Å². The molecule has 3 rings (SSSR count). The number of hydrogen-bond acceptors (Lipinski definition) is 3. The van der Waals surface area contributed by atoms with Gasteiger partial charge in [0.1, 0.15) is 0 Å². The third kappa shape index (κ3) is 2.67. The molecule has 3 aromatic carbocycles. The lowest BCUT2D eigenvalue weighted by atomic mass is 10.1. The molecule has 132 valence electrons. The number of rotatable bonds is 3. The van der Waals surface area contributed by atoms with Crippen molar-refractivity contribution < 1.29 is 31.4 Å². The van der Waals surface area contributed by atoms with Gasteiger partial charge in [-0.2, -0.15) is 14.0 Å². The minimum atomic E-state index is -2.29. The fourth-order valence-corrected chi connectivity index (χ4v) is 2.38. The molecule has 0 aliphatic rings. The average Bonchev–Trinajstić information content (AvgIpc) is 2.67. The summed E-state index contributed by atoms with van der Waals surface area (Å²) in [6, 6.07) is 9.25. The highest BCUT2D eigenvalue weighted by atomic mass is 19.2. The number of benzene rings is 3. The van der Waals surface area contributed by atoms with Crippen LogP contribution in [-0.4, -0.2) is 7.11 Å². The summed E-state index contributed by atoms with van der Waals surface area (Å²) >= 11 is 0. The molecule has 0 spiro atoms. The Morgan fingerprint density at radius 2 is 1.38 bits per heavy atom. The predicted octanol–water partition coefficient (Wildman–Crippen LogP) is 5.21. The summed E-state index contributed by atoms with van der Waals surface area (Å²) in [5, 5.41) is 9.72. The molecule has 0 unspecified atom stereocenters. The number of methoxy groups -OCH3 is 1. The number of fused-ring (bicyclic) bond motifs is 1. The lowest BCUT2D eigenvalue weighted by Crippen LogP contribution is -2.05. The van der Waals surface area contributed by atoms with Crippen LogP contribution in [0.15, 0.2) is 30.3 Å². The molecule has 0 aliphatic heterocycles. The van der Waals surface area contributed by atoms with Crippen molar-refractivity contribution >= 4 is 10.8 Å². The average molecular weight is 365 g/mol. The van der Waals surface area contributed by atoms with E-state index >= 15 is 0 Å². The molecule has 0 aliphatic carbocycles. The Morgan fingerprint density at radius 3 is 1.96 bits per heavy atom. The standard InChI is InChI=1S/C18H8F5NO2/c1-25-11-5-4-9-3-2-8(7-24)6-10(9)17(11)26-18-15(22)13(20)12(19)14(21)16(18)23/h2-6H,1H3. The van der Waals surface area contributed by atoms with E-state index in [-0.39, 0.29) is 22.4 Å². The van der Waals surface area contributed by atoms with E-state index < -0.39 is 34.8 Å². The Hall–Kier alpha value is -3.34. The Kier molecular flexibility index (Phi) is 4.38. The quantitative estimate of drug-likeness (QED) is 0.364. The Bertz CT molecular complexity index is 1050. The van der Waals surface area contributed by atoms with Crippen molar-refractivity contribution in [1.29, 1.82) is 5.26 Å². The van der Waals surface area contributed by atoms with E-state index in [1.807, 2.05) is 6.07 Å². The van der Waals surface area contributed by atoms with E-state index in [0.29, 0.717) is 5.39 Å². The highest BCUT2D eigenvalue weighted by Gasteiger charge is 2.28. The molecule has 3 nitrogen and oxygen atoms in total. The van der Waals surface area contributed by atoms with Gasteiger partial charge in [-0.1, -0.05) is 12.1 Å². The van der Waals surface area contributed by atoms with Crippen molar-refractivity contribution in [2.75, 3.05) is 7.11 Å². The smallest absolute Gasteiger partial charge is 0.207 e. The van der Waals surface area contributed by atoms with E-state index in [1.54, 1.807) is 12.1 Å². The summed E-state index contributed by atoms with van der Waals surface area (Å²) in [5.74, 6) is -12.5. The van der Waals surface area contributed by atoms with Crippen LogP contribution >= 0.6 is 0 Å². The van der Waals surface area contributed by atoms with Crippen LogP contribution < -0.4 is 9.47 Å². The molecule has 0 N–H and O–H groups in total. The molecule has 0 amide bonds. The van der Waals surface area contributed by atoms with Crippen LogP contribution in [0, 0.1) is 40.4 Å². The first kappa shape index (κ1) is 17.5. The van der Waals surface area contributed by atoms with Gasteiger partial charge in [0.25, 0.3) is 0 Å². The van der Waals surface area contributed by atoms with E-state index in [9.17, 15) is 22.0 Å². The molecule has 26 heavy (non-hydrogen) atoms. The lowest BCUT2D eigenvalue weighted by molar-refractivity contribution is 0.322. The summed E-state index contributed by atoms with van der Waals surface area (Å²) < 4.78 is 78.0. The number of nitriles is 1. The number of hydrogen-bond donors (Lipinski definition) is 0. The largest absolute Gasteiger partial charge is 0.493 e. The second kappa shape index (κ2) is 6.52. The zero-order valence-corrected chi connectivity index (χ0v) is 13.0. The molecule has 0 fully saturated rings. The molecule has 0 heterocycles. The first-order valence-electron chi connectivity index (χ1n) is 7.09. The van der Waals surface area contributed by atoms with Gasteiger partial charge in [0.2, 0.25) is 34.8 Å². The van der Waals surface area contributed by atoms with Crippen molar-refractivity contribution in [2.45, 2.75) is 0 Å². The van der Waals surface area contributed by atoms with Crippen LogP contribution in [0.3, 0.4) is 0 Å². The molecule has 0 bridgehead atoms. The fraction of sp³-hybridized carbons (Fsp3) is 0.0556. The Labute approximate surface area is 143 Å². The van der Waals surface area contributed by atoms with Gasteiger partial charge in [-0.25, -0.2) is 13.2 Å². The van der Waals surface area contributed by atoms with Crippen molar-refractivity contribution in [2.24, 2.45) is 0 Å². The van der Waals surface area contributed by atoms with Gasteiger partial charge in [0.15, 0.2) is 11.5 Å². The van der Waals surface area contributed by atoms with E-state index in [1.165, 1.54) is 25.3 Å². The molecule has 3 aromatic rings. The predicted molar refractivity (Wildman–Crippen MR) is 81.5 cm³/mol. The molecular formula is C18H8F5NO2. The van der Waals surface area contributed by atoms with Crippen LogP contribution in [0.25, 0.3) is 10.8 Å². The topological polar surface area (TPSA) is 42.2 Å².